The number of amides is 1. The van der Waals surface area contributed by atoms with E-state index < -0.39 is 0 Å². The van der Waals surface area contributed by atoms with Gasteiger partial charge in [0.05, 0.1) is 11.6 Å². The maximum atomic E-state index is 12.4. The normalized spacial score (nSPS) is 17.0. The van der Waals surface area contributed by atoms with Crippen molar-refractivity contribution in [3.63, 3.8) is 0 Å². The van der Waals surface area contributed by atoms with E-state index in [4.69, 9.17) is 0 Å². The zero-order chi connectivity index (χ0) is 15.6. The lowest BCUT2D eigenvalue weighted by molar-refractivity contribution is -0.122. The van der Waals surface area contributed by atoms with Gasteiger partial charge < -0.3 is 5.32 Å². The predicted molar refractivity (Wildman–Crippen MR) is 87.8 cm³/mol. The van der Waals surface area contributed by atoms with Crippen molar-refractivity contribution in [2.24, 2.45) is 0 Å². The van der Waals surface area contributed by atoms with Gasteiger partial charge in [-0.05, 0) is 42.5 Å². The Labute approximate surface area is 134 Å². The molecule has 4 rings (SSSR count). The summed E-state index contributed by atoms with van der Waals surface area (Å²) in [6.07, 6.45) is 3.19. The van der Waals surface area contributed by atoms with Crippen molar-refractivity contribution in [2.45, 2.75) is 31.8 Å². The largest absolute Gasteiger partial charge is 0.348 e. The molecule has 0 spiro atoms. The molecule has 0 saturated heterocycles. The highest BCUT2D eigenvalue weighted by Gasteiger charge is 2.21. The van der Waals surface area contributed by atoms with E-state index in [1.54, 1.807) is 4.68 Å². The van der Waals surface area contributed by atoms with Crippen LogP contribution in [0, 0.1) is 0 Å². The third-order valence-electron chi connectivity index (χ3n) is 4.42. The Hall–Kier alpha value is -2.69. The fourth-order valence-electron chi connectivity index (χ4n) is 3.31. The molecular weight excluding hydrogens is 288 g/mol. The van der Waals surface area contributed by atoms with Gasteiger partial charge in [-0.3, -0.25) is 4.79 Å². The monoisotopic (exact) mass is 306 g/mol. The zero-order valence-electron chi connectivity index (χ0n) is 12.8. The second-order valence-electron chi connectivity index (χ2n) is 5.95. The number of rotatable bonds is 3. The van der Waals surface area contributed by atoms with E-state index in [-0.39, 0.29) is 18.5 Å². The summed E-state index contributed by atoms with van der Waals surface area (Å²) in [5.74, 6) is -0.0256. The highest BCUT2D eigenvalue weighted by atomic mass is 16.2. The van der Waals surface area contributed by atoms with E-state index in [0.717, 1.165) is 30.3 Å². The summed E-state index contributed by atoms with van der Waals surface area (Å²) >= 11 is 0. The summed E-state index contributed by atoms with van der Waals surface area (Å²) in [6, 6.07) is 16.1. The summed E-state index contributed by atoms with van der Waals surface area (Å²) in [5, 5.41) is 11.3. The third-order valence-corrected chi connectivity index (χ3v) is 4.42. The zero-order valence-corrected chi connectivity index (χ0v) is 12.8. The van der Waals surface area contributed by atoms with Crippen LogP contribution in [0.25, 0.3) is 11.0 Å². The number of hydrogen-bond donors (Lipinski definition) is 1. The molecule has 2 aromatic carbocycles. The second-order valence-corrected chi connectivity index (χ2v) is 5.95. The van der Waals surface area contributed by atoms with Gasteiger partial charge in [0.15, 0.2) is 0 Å². The van der Waals surface area contributed by atoms with E-state index in [1.807, 2.05) is 30.3 Å². The standard InChI is InChI=1S/C18H18N4O/c23-18(12-22-17-11-4-3-9-16(17)20-21-22)19-15-10-5-7-13-6-1-2-8-14(13)15/h1-4,6,8-9,11,15H,5,7,10,12H2,(H,19,23)/t15-/m1/s1. The predicted octanol–water partition coefficient (Wildman–Crippen LogP) is 2.63. The second kappa shape index (κ2) is 5.83. The summed E-state index contributed by atoms with van der Waals surface area (Å²) in [4.78, 5) is 12.4. The van der Waals surface area contributed by atoms with Crippen molar-refractivity contribution < 1.29 is 4.79 Å². The van der Waals surface area contributed by atoms with Crippen LogP contribution in [0.5, 0.6) is 0 Å². The Morgan fingerprint density at radius 3 is 2.96 bits per heavy atom. The number of benzene rings is 2. The van der Waals surface area contributed by atoms with Gasteiger partial charge in [0.1, 0.15) is 12.1 Å². The molecule has 5 nitrogen and oxygen atoms in total. The lowest BCUT2D eigenvalue weighted by Gasteiger charge is -2.26. The van der Waals surface area contributed by atoms with Crippen molar-refractivity contribution in [1.82, 2.24) is 20.3 Å². The van der Waals surface area contributed by atoms with Crippen LogP contribution in [0.4, 0.5) is 0 Å². The maximum Gasteiger partial charge on any atom is 0.242 e. The van der Waals surface area contributed by atoms with Crippen LogP contribution >= 0.6 is 0 Å². The number of carbonyl (C=O) groups excluding carboxylic acids is 1. The topological polar surface area (TPSA) is 59.8 Å². The lowest BCUT2D eigenvalue weighted by Crippen LogP contribution is -2.33. The molecule has 1 aliphatic carbocycles. The van der Waals surface area contributed by atoms with E-state index in [2.05, 4.69) is 33.8 Å². The van der Waals surface area contributed by atoms with E-state index >= 15 is 0 Å². The number of carbonyl (C=O) groups is 1. The Balaban J connectivity index is 1.51. The number of hydrogen-bond acceptors (Lipinski definition) is 3. The maximum absolute atomic E-state index is 12.4. The average Bonchev–Trinajstić information content (AvgIpc) is 2.98. The van der Waals surface area contributed by atoms with Crippen molar-refractivity contribution >= 4 is 16.9 Å². The summed E-state index contributed by atoms with van der Waals surface area (Å²) < 4.78 is 1.65. The molecule has 0 aliphatic heterocycles. The molecule has 0 fully saturated rings. The van der Waals surface area contributed by atoms with Crippen molar-refractivity contribution in [3.8, 4) is 0 Å². The molecule has 0 saturated carbocycles. The van der Waals surface area contributed by atoms with Gasteiger partial charge in [-0.1, -0.05) is 41.6 Å². The minimum Gasteiger partial charge on any atom is -0.348 e. The minimum atomic E-state index is -0.0256. The molecule has 1 atom stereocenters. The van der Waals surface area contributed by atoms with Gasteiger partial charge in [0.2, 0.25) is 5.91 Å². The smallest absolute Gasteiger partial charge is 0.242 e. The van der Waals surface area contributed by atoms with E-state index in [9.17, 15) is 4.79 Å². The van der Waals surface area contributed by atoms with Crippen LogP contribution in [-0.2, 0) is 17.8 Å². The molecule has 0 unspecified atom stereocenters. The Morgan fingerprint density at radius 1 is 1.17 bits per heavy atom. The van der Waals surface area contributed by atoms with Gasteiger partial charge in [0.25, 0.3) is 0 Å². The molecule has 1 heterocycles. The fraction of sp³-hybridized carbons (Fsp3) is 0.278. The number of fused-ring (bicyclic) bond motifs is 2. The highest BCUT2D eigenvalue weighted by Crippen LogP contribution is 2.29. The molecule has 0 bridgehead atoms. The van der Waals surface area contributed by atoms with Crippen LogP contribution in [0.3, 0.4) is 0 Å². The summed E-state index contributed by atoms with van der Waals surface area (Å²) in [6.45, 7) is 0.194. The molecule has 0 radical (unpaired) electrons. The van der Waals surface area contributed by atoms with Crippen molar-refractivity contribution in [1.29, 1.82) is 0 Å². The minimum absolute atomic E-state index is 0.0256. The third kappa shape index (κ3) is 2.70. The average molecular weight is 306 g/mol. The first-order valence-corrected chi connectivity index (χ1v) is 7.96. The van der Waals surface area contributed by atoms with Crippen LogP contribution in [0.15, 0.2) is 48.5 Å². The van der Waals surface area contributed by atoms with Gasteiger partial charge in [-0.15, -0.1) is 5.10 Å². The first-order chi connectivity index (χ1) is 11.3. The van der Waals surface area contributed by atoms with E-state index in [1.165, 1.54) is 11.1 Å². The van der Waals surface area contributed by atoms with Crippen LogP contribution < -0.4 is 5.32 Å². The van der Waals surface area contributed by atoms with Gasteiger partial charge in [0, 0.05) is 0 Å². The summed E-state index contributed by atoms with van der Waals surface area (Å²) in [5.41, 5.74) is 4.28. The lowest BCUT2D eigenvalue weighted by atomic mass is 9.88. The molecule has 3 aromatic rings. The molecule has 1 amide bonds. The first kappa shape index (κ1) is 13.9. The number of aromatic nitrogens is 3. The Morgan fingerprint density at radius 2 is 2.00 bits per heavy atom. The molecule has 116 valence electrons. The molecule has 1 N–H and O–H groups in total. The van der Waals surface area contributed by atoms with E-state index in [0.29, 0.717) is 0 Å². The van der Waals surface area contributed by atoms with Crippen LogP contribution in [0.1, 0.15) is 30.0 Å². The fourth-order valence-corrected chi connectivity index (χ4v) is 3.31. The van der Waals surface area contributed by atoms with Crippen LogP contribution in [-0.4, -0.2) is 20.9 Å². The summed E-state index contributed by atoms with van der Waals surface area (Å²) in [7, 11) is 0. The SMILES string of the molecule is O=C(Cn1nnc2ccccc21)N[C@@H]1CCCc2ccccc21. The number of aryl methyl sites for hydroxylation is 1. The van der Waals surface area contributed by atoms with Gasteiger partial charge in [-0.25, -0.2) is 4.68 Å². The van der Waals surface area contributed by atoms with Gasteiger partial charge >= 0.3 is 0 Å². The molecule has 5 heteroatoms. The number of para-hydroxylation sites is 1. The molecule has 1 aliphatic rings. The number of nitrogens with zero attached hydrogens (tertiary/aromatic N) is 3. The Bertz CT molecular complexity index is 855. The van der Waals surface area contributed by atoms with Crippen molar-refractivity contribution in [3.05, 3.63) is 59.7 Å². The van der Waals surface area contributed by atoms with Gasteiger partial charge in [-0.2, -0.15) is 0 Å². The number of nitrogens with one attached hydrogen (secondary N) is 1. The quantitative estimate of drug-likeness (QED) is 0.809. The molecule has 1 aromatic heterocycles. The molecular formula is C18H18N4O. The van der Waals surface area contributed by atoms with Crippen molar-refractivity contribution in [2.75, 3.05) is 0 Å². The molecule has 23 heavy (non-hydrogen) atoms. The highest BCUT2D eigenvalue weighted by molar-refractivity contribution is 5.80. The first-order valence-electron chi connectivity index (χ1n) is 7.96. The Kier molecular flexibility index (Phi) is 3.54. The van der Waals surface area contributed by atoms with Crippen LogP contribution in [0.2, 0.25) is 0 Å².